The highest BCUT2D eigenvalue weighted by Gasteiger charge is 2.48. The number of halogens is 3. The van der Waals surface area contributed by atoms with Crippen LogP contribution in [0.2, 0.25) is 0 Å². The lowest BCUT2D eigenvalue weighted by molar-refractivity contribution is -0.138. The Labute approximate surface area is 231 Å². The maximum Gasteiger partial charge on any atom is 0.416 e. The highest BCUT2D eigenvalue weighted by atomic mass is 19.4. The largest absolute Gasteiger partial charge is 0.416 e. The molecule has 2 aromatic carbocycles. The van der Waals surface area contributed by atoms with E-state index in [2.05, 4.69) is 22.0 Å². The van der Waals surface area contributed by atoms with Gasteiger partial charge in [0.2, 0.25) is 0 Å². The Bertz CT molecular complexity index is 1430. The summed E-state index contributed by atoms with van der Waals surface area (Å²) in [4.78, 5) is 17.3. The molecule has 3 heterocycles. The van der Waals surface area contributed by atoms with E-state index in [1.54, 1.807) is 18.5 Å². The molecule has 1 saturated heterocycles. The molecule has 1 amide bonds. The van der Waals surface area contributed by atoms with Crippen LogP contribution in [-0.4, -0.2) is 51.4 Å². The summed E-state index contributed by atoms with van der Waals surface area (Å²) >= 11 is 0. The van der Waals surface area contributed by atoms with Crippen molar-refractivity contribution in [2.24, 2.45) is 13.0 Å². The first kappa shape index (κ1) is 27.0. The molecule has 2 aliphatic heterocycles. The molecule has 0 unspecified atom stereocenters. The summed E-state index contributed by atoms with van der Waals surface area (Å²) < 4.78 is 50.5. The standard InChI is InChI=1S/C30H34F3N5O2/c1-4-23-16-37(8-9-40-23)15-20-10-24-25(26(11-20)30(31,32)33)17-38(27(24)39)22-7-5-6-21(12-22)29(13-19(2)14-29)28-35-34-18-36(28)3/h5-7,10-12,18-19,23H,4,8-9,13-17H2,1-3H3/t19?,23-,29?/m0/s1. The van der Waals surface area contributed by atoms with Crippen LogP contribution in [0.1, 0.15) is 71.5 Å². The number of amides is 1. The van der Waals surface area contributed by atoms with Gasteiger partial charge in [0.05, 0.1) is 30.2 Å². The van der Waals surface area contributed by atoms with Gasteiger partial charge in [-0.15, -0.1) is 10.2 Å². The van der Waals surface area contributed by atoms with Crippen molar-refractivity contribution >= 4 is 11.6 Å². The zero-order valence-corrected chi connectivity index (χ0v) is 23.0. The summed E-state index contributed by atoms with van der Waals surface area (Å²) in [5.74, 6) is 0.962. The van der Waals surface area contributed by atoms with Crippen molar-refractivity contribution in [3.05, 3.63) is 76.4 Å². The normalized spacial score (nSPS) is 25.2. The third-order valence-electron chi connectivity index (χ3n) is 8.73. The van der Waals surface area contributed by atoms with Crippen molar-refractivity contribution in [3.8, 4) is 0 Å². The molecule has 3 aliphatic rings. The second-order valence-corrected chi connectivity index (χ2v) is 11.6. The summed E-state index contributed by atoms with van der Waals surface area (Å²) in [6.07, 6.45) is -0.193. The Morgan fingerprint density at radius 3 is 2.65 bits per heavy atom. The van der Waals surface area contributed by atoms with E-state index in [9.17, 15) is 18.0 Å². The molecule has 1 atom stereocenters. The van der Waals surface area contributed by atoms with Gasteiger partial charge in [0.25, 0.3) is 5.91 Å². The van der Waals surface area contributed by atoms with E-state index >= 15 is 0 Å². The van der Waals surface area contributed by atoms with E-state index in [4.69, 9.17) is 4.74 Å². The van der Waals surface area contributed by atoms with E-state index < -0.39 is 17.6 Å². The number of fused-ring (bicyclic) bond motifs is 1. The molecule has 0 bridgehead atoms. The highest BCUT2D eigenvalue weighted by molar-refractivity contribution is 6.10. The number of anilines is 1. The minimum atomic E-state index is -4.56. The predicted molar refractivity (Wildman–Crippen MR) is 144 cm³/mol. The van der Waals surface area contributed by atoms with Crippen LogP contribution in [0.25, 0.3) is 0 Å². The number of aryl methyl sites for hydroxylation is 1. The fourth-order valence-electron chi connectivity index (χ4n) is 6.82. The van der Waals surface area contributed by atoms with Gasteiger partial charge < -0.3 is 14.2 Å². The molecule has 10 heteroatoms. The first-order chi connectivity index (χ1) is 19.1. The van der Waals surface area contributed by atoms with Crippen LogP contribution in [0.5, 0.6) is 0 Å². The molecule has 6 rings (SSSR count). The minimum Gasteiger partial charge on any atom is -0.376 e. The van der Waals surface area contributed by atoms with Crippen LogP contribution in [0.15, 0.2) is 42.7 Å². The Hall–Kier alpha value is -3.24. The Morgan fingerprint density at radius 1 is 1.18 bits per heavy atom. The number of alkyl halides is 3. The molecule has 2 fully saturated rings. The van der Waals surface area contributed by atoms with Crippen LogP contribution in [0.4, 0.5) is 18.9 Å². The Kier molecular flexibility index (Phi) is 6.73. The lowest BCUT2D eigenvalue weighted by Gasteiger charge is -2.46. The number of ether oxygens (including phenoxy) is 1. The highest BCUT2D eigenvalue weighted by Crippen LogP contribution is 2.52. The van der Waals surface area contributed by atoms with Crippen molar-refractivity contribution in [1.82, 2.24) is 19.7 Å². The lowest BCUT2D eigenvalue weighted by atomic mass is 9.58. The van der Waals surface area contributed by atoms with E-state index in [1.807, 2.05) is 36.7 Å². The topological polar surface area (TPSA) is 63.5 Å². The monoisotopic (exact) mass is 553 g/mol. The van der Waals surface area contributed by atoms with Crippen LogP contribution in [0.3, 0.4) is 0 Å². The molecular weight excluding hydrogens is 519 g/mol. The maximum absolute atomic E-state index is 14.3. The minimum absolute atomic E-state index is 0.0420. The molecule has 7 nitrogen and oxygen atoms in total. The molecule has 212 valence electrons. The second kappa shape index (κ2) is 9.99. The number of aromatic nitrogens is 3. The molecule has 1 saturated carbocycles. The molecule has 40 heavy (non-hydrogen) atoms. The Balaban J connectivity index is 1.33. The maximum atomic E-state index is 14.3. The third-order valence-corrected chi connectivity index (χ3v) is 8.73. The number of hydrogen-bond donors (Lipinski definition) is 0. The van der Waals surface area contributed by atoms with Crippen molar-refractivity contribution < 1.29 is 22.7 Å². The molecule has 0 N–H and O–H groups in total. The van der Waals surface area contributed by atoms with Crippen LogP contribution < -0.4 is 4.90 Å². The van der Waals surface area contributed by atoms with E-state index in [0.717, 1.165) is 30.7 Å². The average molecular weight is 554 g/mol. The molecule has 0 spiro atoms. The van der Waals surface area contributed by atoms with Crippen LogP contribution in [0, 0.1) is 5.92 Å². The summed E-state index contributed by atoms with van der Waals surface area (Å²) in [6, 6.07) is 10.5. The van der Waals surface area contributed by atoms with Crippen LogP contribution in [-0.2, 0) is 36.5 Å². The number of carbonyl (C=O) groups is 1. The molecule has 0 radical (unpaired) electrons. The van der Waals surface area contributed by atoms with E-state index in [-0.39, 0.29) is 29.2 Å². The van der Waals surface area contributed by atoms with Gasteiger partial charge >= 0.3 is 6.18 Å². The zero-order valence-electron chi connectivity index (χ0n) is 23.0. The van der Waals surface area contributed by atoms with Gasteiger partial charge in [0.1, 0.15) is 12.2 Å². The zero-order chi connectivity index (χ0) is 28.2. The molecular formula is C30H34F3N5O2. The van der Waals surface area contributed by atoms with E-state index in [1.165, 1.54) is 11.0 Å². The summed E-state index contributed by atoms with van der Waals surface area (Å²) in [5.41, 5.74) is 1.20. The number of rotatable bonds is 6. The van der Waals surface area contributed by atoms with Crippen molar-refractivity contribution in [2.45, 2.75) is 63.9 Å². The number of nitrogens with zero attached hydrogens (tertiary/aromatic N) is 5. The SMILES string of the molecule is CC[C@H]1CN(Cc2cc3c(c(C(F)(F)F)c2)CN(c2cccc(C4(c5nncn5C)CC(C)C4)c2)C3=O)CCO1. The lowest BCUT2D eigenvalue weighted by Crippen LogP contribution is -2.43. The number of hydrogen-bond acceptors (Lipinski definition) is 5. The van der Waals surface area contributed by atoms with Gasteiger partial charge in [0, 0.05) is 37.9 Å². The van der Waals surface area contributed by atoms with Gasteiger partial charge in [-0.1, -0.05) is 26.0 Å². The second-order valence-electron chi connectivity index (χ2n) is 11.6. The average Bonchev–Trinajstić information content (AvgIpc) is 3.49. The van der Waals surface area contributed by atoms with Gasteiger partial charge in [0.15, 0.2) is 0 Å². The van der Waals surface area contributed by atoms with Gasteiger partial charge in [-0.25, -0.2) is 0 Å². The number of carbonyl (C=O) groups excluding carboxylic acids is 1. The summed E-state index contributed by atoms with van der Waals surface area (Å²) in [6.45, 7) is 6.31. The smallest absolute Gasteiger partial charge is 0.376 e. The molecule has 3 aromatic rings. The molecule has 1 aliphatic carbocycles. The Morgan fingerprint density at radius 2 is 1.98 bits per heavy atom. The summed E-state index contributed by atoms with van der Waals surface area (Å²) in [5, 5.41) is 8.48. The first-order valence-corrected chi connectivity index (χ1v) is 13.9. The van der Waals surface area contributed by atoms with E-state index in [0.29, 0.717) is 43.4 Å². The fourth-order valence-corrected chi connectivity index (χ4v) is 6.82. The molecule has 1 aromatic heterocycles. The van der Waals surface area contributed by atoms with Gasteiger partial charge in [-0.2, -0.15) is 13.2 Å². The van der Waals surface area contributed by atoms with Crippen molar-refractivity contribution in [2.75, 3.05) is 24.6 Å². The summed E-state index contributed by atoms with van der Waals surface area (Å²) in [7, 11) is 1.92. The van der Waals surface area contributed by atoms with Gasteiger partial charge in [-0.05, 0) is 66.1 Å². The first-order valence-electron chi connectivity index (χ1n) is 13.9. The van der Waals surface area contributed by atoms with Gasteiger partial charge in [-0.3, -0.25) is 9.69 Å². The van der Waals surface area contributed by atoms with Crippen molar-refractivity contribution in [1.29, 1.82) is 0 Å². The fraction of sp³-hybridized carbons (Fsp3) is 0.500. The predicted octanol–water partition coefficient (Wildman–Crippen LogP) is 5.32. The van der Waals surface area contributed by atoms with Crippen LogP contribution >= 0.6 is 0 Å². The third kappa shape index (κ3) is 4.60. The van der Waals surface area contributed by atoms with Crippen molar-refractivity contribution in [3.63, 3.8) is 0 Å². The number of benzene rings is 2. The quantitative estimate of drug-likeness (QED) is 0.414. The number of morpholine rings is 1.